The van der Waals surface area contributed by atoms with Crippen LogP contribution in [0.1, 0.15) is 17.5 Å². The van der Waals surface area contributed by atoms with Crippen molar-refractivity contribution in [3.63, 3.8) is 0 Å². The molecule has 0 saturated carbocycles. The molecule has 0 atom stereocenters. The molecular formula is C18H30N3O4S+. The molecule has 1 aliphatic heterocycles. The number of amides is 1. The molecule has 26 heavy (non-hydrogen) atoms. The number of rotatable bonds is 8. The highest BCUT2D eigenvalue weighted by atomic mass is 32.2. The van der Waals surface area contributed by atoms with Crippen LogP contribution >= 0.6 is 0 Å². The predicted octanol–water partition coefficient (Wildman–Crippen LogP) is -0.509. The van der Waals surface area contributed by atoms with Crippen LogP contribution in [0.15, 0.2) is 18.2 Å². The third-order valence-electron chi connectivity index (χ3n) is 4.55. The number of quaternary nitrogens is 1. The summed E-state index contributed by atoms with van der Waals surface area (Å²) in [6, 6.07) is 5.59. The van der Waals surface area contributed by atoms with Gasteiger partial charge in [0.25, 0.3) is 0 Å². The maximum atomic E-state index is 12.3. The molecule has 0 aromatic heterocycles. The van der Waals surface area contributed by atoms with Gasteiger partial charge in [-0.2, -0.15) is 0 Å². The zero-order valence-corrected chi connectivity index (χ0v) is 16.7. The van der Waals surface area contributed by atoms with Gasteiger partial charge in [-0.15, -0.1) is 0 Å². The molecule has 0 unspecified atom stereocenters. The number of anilines is 1. The molecule has 1 heterocycles. The predicted molar refractivity (Wildman–Crippen MR) is 102 cm³/mol. The molecule has 7 nitrogen and oxygen atoms in total. The van der Waals surface area contributed by atoms with Gasteiger partial charge in [0.1, 0.15) is 19.6 Å². The van der Waals surface area contributed by atoms with Crippen LogP contribution in [0, 0.1) is 13.8 Å². The van der Waals surface area contributed by atoms with E-state index >= 15 is 0 Å². The molecule has 0 aliphatic carbocycles. The van der Waals surface area contributed by atoms with Gasteiger partial charge < -0.3 is 15.0 Å². The zero-order valence-electron chi connectivity index (χ0n) is 15.9. The fourth-order valence-corrected chi connectivity index (χ4v) is 3.94. The first-order valence-corrected chi connectivity index (χ1v) is 10.8. The number of nitrogens with zero attached hydrogens (tertiary/aromatic N) is 1. The number of carbonyl (C=O) groups is 1. The second-order valence-electron chi connectivity index (χ2n) is 6.88. The van der Waals surface area contributed by atoms with Gasteiger partial charge >= 0.3 is 0 Å². The summed E-state index contributed by atoms with van der Waals surface area (Å²) in [7, 11) is -3.55. The minimum atomic E-state index is -3.55. The average molecular weight is 385 g/mol. The summed E-state index contributed by atoms with van der Waals surface area (Å²) in [4.78, 5) is 13.8. The van der Waals surface area contributed by atoms with E-state index < -0.39 is 10.0 Å². The van der Waals surface area contributed by atoms with Crippen molar-refractivity contribution in [2.45, 2.75) is 20.3 Å². The van der Waals surface area contributed by atoms with Crippen LogP contribution in [0.5, 0.6) is 0 Å². The van der Waals surface area contributed by atoms with Crippen LogP contribution in [0.3, 0.4) is 0 Å². The quantitative estimate of drug-likeness (QED) is 0.592. The molecule has 8 heteroatoms. The van der Waals surface area contributed by atoms with Crippen molar-refractivity contribution < 1.29 is 22.8 Å². The molecule has 1 aliphatic rings. The highest BCUT2D eigenvalue weighted by Gasteiger charge is 2.22. The van der Waals surface area contributed by atoms with E-state index in [0.29, 0.717) is 12.2 Å². The SMILES string of the molecule is Cc1ccc(C)c(N(CC(=O)NCCC[NH+]2CCOCC2)S(C)(=O)=O)c1. The minimum absolute atomic E-state index is 0.201. The number of carbonyl (C=O) groups excluding carboxylic acids is 1. The third-order valence-corrected chi connectivity index (χ3v) is 5.68. The van der Waals surface area contributed by atoms with Crippen LogP contribution in [0.4, 0.5) is 5.69 Å². The van der Waals surface area contributed by atoms with Crippen molar-refractivity contribution in [3.8, 4) is 0 Å². The van der Waals surface area contributed by atoms with Gasteiger partial charge in [-0.25, -0.2) is 8.42 Å². The lowest BCUT2D eigenvalue weighted by Gasteiger charge is -2.25. The highest BCUT2D eigenvalue weighted by Crippen LogP contribution is 2.23. The molecule has 0 bridgehead atoms. The standard InChI is InChI=1S/C18H29N3O4S/c1-15-5-6-16(2)17(13-15)21(26(3,23)24)14-18(22)19-7-4-8-20-9-11-25-12-10-20/h5-6,13H,4,7-12,14H2,1-3H3,(H,19,22)/p+1. The van der Waals surface area contributed by atoms with E-state index in [0.717, 1.165) is 56.7 Å². The Morgan fingerprint density at radius 2 is 1.96 bits per heavy atom. The van der Waals surface area contributed by atoms with Gasteiger partial charge in [0.15, 0.2) is 0 Å². The Balaban J connectivity index is 1.89. The van der Waals surface area contributed by atoms with Gasteiger partial charge in [-0.05, 0) is 31.0 Å². The number of sulfonamides is 1. The molecule has 1 aromatic carbocycles. The van der Waals surface area contributed by atoms with Crippen LogP contribution in [0.25, 0.3) is 0 Å². The first-order valence-electron chi connectivity index (χ1n) is 9.00. The molecule has 146 valence electrons. The fourth-order valence-electron chi connectivity index (χ4n) is 3.03. The van der Waals surface area contributed by atoms with E-state index in [1.165, 1.54) is 9.21 Å². The normalized spacial score (nSPS) is 15.7. The summed E-state index contributed by atoms with van der Waals surface area (Å²) in [5.74, 6) is -0.284. The summed E-state index contributed by atoms with van der Waals surface area (Å²) in [5, 5.41) is 2.84. The van der Waals surface area contributed by atoms with Crippen LogP contribution in [-0.4, -0.2) is 66.5 Å². The summed E-state index contributed by atoms with van der Waals surface area (Å²) < 4.78 is 30.9. The molecule has 0 radical (unpaired) electrons. The molecular weight excluding hydrogens is 354 g/mol. The van der Waals surface area contributed by atoms with E-state index in [9.17, 15) is 13.2 Å². The molecule has 0 spiro atoms. The smallest absolute Gasteiger partial charge is 0.240 e. The van der Waals surface area contributed by atoms with Crippen molar-refractivity contribution >= 4 is 21.6 Å². The van der Waals surface area contributed by atoms with Crippen molar-refractivity contribution in [2.24, 2.45) is 0 Å². The number of hydrogen-bond donors (Lipinski definition) is 2. The third kappa shape index (κ3) is 6.26. The van der Waals surface area contributed by atoms with Gasteiger partial charge in [-0.1, -0.05) is 12.1 Å². The second-order valence-corrected chi connectivity index (χ2v) is 8.78. The van der Waals surface area contributed by atoms with Crippen LogP contribution < -0.4 is 14.5 Å². The first-order chi connectivity index (χ1) is 12.3. The Morgan fingerprint density at radius 3 is 2.62 bits per heavy atom. The summed E-state index contributed by atoms with van der Waals surface area (Å²) >= 11 is 0. The highest BCUT2D eigenvalue weighted by molar-refractivity contribution is 7.92. The van der Waals surface area contributed by atoms with Crippen molar-refractivity contribution in [2.75, 3.05) is 56.5 Å². The van der Waals surface area contributed by atoms with Crippen LogP contribution in [-0.2, 0) is 19.6 Å². The van der Waals surface area contributed by atoms with E-state index in [4.69, 9.17) is 4.74 Å². The Labute approximate surface area is 156 Å². The topological polar surface area (TPSA) is 80.2 Å². The summed E-state index contributed by atoms with van der Waals surface area (Å²) in [6.07, 6.45) is 1.99. The van der Waals surface area contributed by atoms with E-state index in [1.54, 1.807) is 6.07 Å². The Bertz CT molecular complexity index is 715. The number of nitrogens with one attached hydrogen (secondary N) is 2. The largest absolute Gasteiger partial charge is 0.370 e. The second kappa shape index (κ2) is 9.34. The lowest BCUT2D eigenvalue weighted by molar-refractivity contribution is -0.908. The van der Waals surface area contributed by atoms with Gasteiger partial charge in [0.05, 0.1) is 31.7 Å². The number of benzene rings is 1. The minimum Gasteiger partial charge on any atom is -0.370 e. The van der Waals surface area contributed by atoms with E-state index in [2.05, 4.69) is 5.32 Å². The number of morpholine rings is 1. The molecule has 1 saturated heterocycles. The number of ether oxygens (including phenoxy) is 1. The number of hydrogen-bond acceptors (Lipinski definition) is 4. The summed E-state index contributed by atoms with van der Waals surface area (Å²) in [5.41, 5.74) is 2.33. The number of aryl methyl sites for hydroxylation is 2. The van der Waals surface area contributed by atoms with Gasteiger partial charge in [0.2, 0.25) is 15.9 Å². The molecule has 2 rings (SSSR count). The first kappa shape index (κ1) is 20.7. The van der Waals surface area contributed by atoms with E-state index in [1.807, 2.05) is 26.0 Å². The van der Waals surface area contributed by atoms with Crippen molar-refractivity contribution in [1.82, 2.24) is 5.32 Å². The average Bonchev–Trinajstić information content (AvgIpc) is 2.59. The van der Waals surface area contributed by atoms with Crippen molar-refractivity contribution in [1.29, 1.82) is 0 Å². The molecule has 1 aromatic rings. The van der Waals surface area contributed by atoms with Crippen molar-refractivity contribution in [3.05, 3.63) is 29.3 Å². The van der Waals surface area contributed by atoms with Gasteiger partial charge in [0, 0.05) is 13.0 Å². The Hall–Kier alpha value is -1.64. The maximum Gasteiger partial charge on any atom is 0.240 e. The molecule has 1 fully saturated rings. The Morgan fingerprint density at radius 1 is 1.27 bits per heavy atom. The lowest BCUT2D eigenvalue weighted by atomic mass is 10.1. The maximum absolute atomic E-state index is 12.3. The summed E-state index contributed by atoms with van der Waals surface area (Å²) in [6.45, 7) is 8.66. The molecule has 1 amide bonds. The zero-order chi connectivity index (χ0) is 19.2. The van der Waals surface area contributed by atoms with E-state index in [-0.39, 0.29) is 12.5 Å². The lowest BCUT2D eigenvalue weighted by Crippen LogP contribution is -3.14. The van der Waals surface area contributed by atoms with Gasteiger partial charge in [-0.3, -0.25) is 9.10 Å². The Kier molecular flexibility index (Phi) is 7.43. The fraction of sp³-hybridized carbons (Fsp3) is 0.611. The van der Waals surface area contributed by atoms with Crippen LogP contribution in [0.2, 0.25) is 0 Å². The molecule has 2 N–H and O–H groups in total. The monoisotopic (exact) mass is 384 g/mol.